The zero-order valence-electron chi connectivity index (χ0n) is 12.8. The number of nitrogens with two attached hydrogens (primary N) is 1. The molecule has 1 atom stereocenters. The summed E-state index contributed by atoms with van der Waals surface area (Å²) < 4.78 is 0. The van der Waals surface area contributed by atoms with Gasteiger partial charge in [0.05, 0.1) is 6.04 Å². The standard InChI is InChI=1S/C19H25N/c1-4-16-9-5-6-11-18(16)19(20)17-10-7-8-15(13-17)12-14(2)3/h5-11,13-14,19H,4,12,20H2,1-3H3. The lowest BCUT2D eigenvalue weighted by molar-refractivity contribution is 0.646. The molecule has 106 valence electrons. The monoisotopic (exact) mass is 267 g/mol. The molecule has 0 aliphatic rings. The van der Waals surface area contributed by atoms with Crippen molar-refractivity contribution in [2.45, 2.75) is 39.7 Å². The van der Waals surface area contributed by atoms with Gasteiger partial charge in [-0.25, -0.2) is 0 Å². The van der Waals surface area contributed by atoms with E-state index in [0.717, 1.165) is 12.8 Å². The zero-order chi connectivity index (χ0) is 14.5. The van der Waals surface area contributed by atoms with Crippen molar-refractivity contribution in [3.8, 4) is 0 Å². The summed E-state index contributed by atoms with van der Waals surface area (Å²) in [7, 11) is 0. The Bertz CT molecular complexity index is 557. The van der Waals surface area contributed by atoms with Crippen LogP contribution in [0.4, 0.5) is 0 Å². The van der Waals surface area contributed by atoms with Crippen LogP contribution in [0.3, 0.4) is 0 Å². The minimum Gasteiger partial charge on any atom is -0.320 e. The molecular weight excluding hydrogens is 242 g/mol. The first kappa shape index (κ1) is 14.8. The fourth-order valence-electron chi connectivity index (χ4n) is 2.72. The van der Waals surface area contributed by atoms with E-state index in [1.54, 1.807) is 0 Å². The highest BCUT2D eigenvalue weighted by molar-refractivity contribution is 5.38. The smallest absolute Gasteiger partial charge is 0.0554 e. The van der Waals surface area contributed by atoms with E-state index in [0.29, 0.717) is 5.92 Å². The maximum Gasteiger partial charge on any atom is 0.0554 e. The van der Waals surface area contributed by atoms with E-state index in [-0.39, 0.29) is 6.04 Å². The first-order valence-corrected chi connectivity index (χ1v) is 7.54. The highest BCUT2D eigenvalue weighted by Gasteiger charge is 2.12. The Hall–Kier alpha value is -1.60. The van der Waals surface area contributed by atoms with Crippen LogP contribution >= 0.6 is 0 Å². The third kappa shape index (κ3) is 3.49. The Morgan fingerprint density at radius 1 is 1.00 bits per heavy atom. The lowest BCUT2D eigenvalue weighted by Gasteiger charge is -2.17. The second-order valence-electron chi connectivity index (χ2n) is 5.87. The van der Waals surface area contributed by atoms with E-state index < -0.39 is 0 Å². The molecule has 2 rings (SSSR count). The van der Waals surface area contributed by atoms with Gasteiger partial charge in [-0.3, -0.25) is 0 Å². The Kier molecular flexibility index (Phi) is 4.97. The van der Waals surface area contributed by atoms with Crippen LogP contribution in [0, 0.1) is 5.92 Å². The largest absolute Gasteiger partial charge is 0.320 e. The van der Waals surface area contributed by atoms with Crippen molar-refractivity contribution >= 4 is 0 Å². The fourth-order valence-corrected chi connectivity index (χ4v) is 2.72. The summed E-state index contributed by atoms with van der Waals surface area (Å²) in [5.74, 6) is 0.671. The highest BCUT2D eigenvalue weighted by Crippen LogP contribution is 2.24. The lowest BCUT2D eigenvalue weighted by Crippen LogP contribution is -2.14. The molecule has 0 aliphatic heterocycles. The van der Waals surface area contributed by atoms with Crippen molar-refractivity contribution in [3.63, 3.8) is 0 Å². The fraction of sp³-hybridized carbons (Fsp3) is 0.368. The second kappa shape index (κ2) is 6.71. The highest BCUT2D eigenvalue weighted by atomic mass is 14.6. The van der Waals surface area contributed by atoms with Gasteiger partial charge in [0.2, 0.25) is 0 Å². The van der Waals surface area contributed by atoms with Crippen molar-refractivity contribution in [2.75, 3.05) is 0 Å². The van der Waals surface area contributed by atoms with Gasteiger partial charge in [-0.1, -0.05) is 69.3 Å². The van der Waals surface area contributed by atoms with Crippen molar-refractivity contribution in [1.82, 2.24) is 0 Å². The molecule has 1 unspecified atom stereocenters. The molecule has 0 radical (unpaired) electrons. The molecule has 0 heterocycles. The first-order chi connectivity index (χ1) is 9.61. The van der Waals surface area contributed by atoms with Crippen LogP contribution in [-0.2, 0) is 12.8 Å². The van der Waals surface area contributed by atoms with Gasteiger partial charge in [-0.2, -0.15) is 0 Å². The average molecular weight is 267 g/mol. The average Bonchev–Trinajstić information content (AvgIpc) is 2.46. The first-order valence-electron chi connectivity index (χ1n) is 7.54. The van der Waals surface area contributed by atoms with Gasteiger partial charge >= 0.3 is 0 Å². The van der Waals surface area contributed by atoms with Gasteiger partial charge in [0.1, 0.15) is 0 Å². The summed E-state index contributed by atoms with van der Waals surface area (Å²) >= 11 is 0. The molecule has 0 saturated carbocycles. The van der Waals surface area contributed by atoms with Gasteiger partial charge in [0.15, 0.2) is 0 Å². The van der Waals surface area contributed by atoms with E-state index >= 15 is 0 Å². The second-order valence-corrected chi connectivity index (χ2v) is 5.87. The topological polar surface area (TPSA) is 26.0 Å². The predicted molar refractivity (Wildman–Crippen MR) is 86.8 cm³/mol. The maximum absolute atomic E-state index is 6.49. The lowest BCUT2D eigenvalue weighted by atomic mass is 9.92. The molecule has 0 spiro atoms. The van der Waals surface area contributed by atoms with Gasteiger partial charge < -0.3 is 5.73 Å². The van der Waals surface area contributed by atoms with Crippen LogP contribution in [-0.4, -0.2) is 0 Å². The molecule has 0 fully saturated rings. The summed E-state index contributed by atoms with van der Waals surface area (Å²) in [4.78, 5) is 0. The minimum atomic E-state index is -0.0294. The zero-order valence-corrected chi connectivity index (χ0v) is 12.8. The summed E-state index contributed by atoms with van der Waals surface area (Å²) in [6, 6.07) is 17.2. The van der Waals surface area contributed by atoms with Crippen molar-refractivity contribution < 1.29 is 0 Å². The van der Waals surface area contributed by atoms with E-state index in [9.17, 15) is 0 Å². The maximum atomic E-state index is 6.49. The summed E-state index contributed by atoms with van der Waals surface area (Å²) in [6.07, 6.45) is 2.13. The Morgan fingerprint density at radius 2 is 1.75 bits per heavy atom. The third-order valence-corrected chi connectivity index (χ3v) is 3.73. The Labute approximate surface area is 122 Å². The number of rotatable bonds is 5. The van der Waals surface area contributed by atoms with Crippen LogP contribution in [0.5, 0.6) is 0 Å². The van der Waals surface area contributed by atoms with Gasteiger partial charge in [0.25, 0.3) is 0 Å². The van der Waals surface area contributed by atoms with Crippen molar-refractivity contribution in [2.24, 2.45) is 11.7 Å². The van der Waals surface area contributed by atoms with Gasteiger partial charge in [-0.05, 0) is 41.0 Å². The van der Waals surface area contributed by atoms with Crippen LogP contribution in [0.15, 0.2) is 48.5 Å². The summed E-state index contributed by atoms with van der Waals surface area (Å²) in [6.45, 7) is 6.68. The van der Waals surface area contributed by atoms with E-state index in [1.165, 1.54) is 22.3 Å². The molecule has 0 aromatic heterocycles. The number of hydrogen-bond donors (Lipinski definition) is 1. The van der Waals surface area contributed by atoms with Crippen LogP contribution in [0.2, 0.25) is 0 Å². The molecular formula is C19H25N. The van der Waals surface area contributed by atoms with Gasteiger partial charge in [0, 0.05) is 0 Å². The molecule has 1 heteroatoms. The normalized spacial score (nSPS) is 12.7. The van der Waals surface area contributed by atoms with E-state index in [2.05, 4.69) is 69.3 Å². The summed E-state index contributed by atoms with van der Waals surface area (Å²) in [5.41, 5.74) is 11.7. The van der Waals surface area contributed by atoms with E-state index in [4.69, 9.17) is 5.73 Å². The molecule has 2 N–H and O–H groups in total. The minimum absolute atomic E-state index is 0.0294. The quantitative estimate of drug-likeness (QED) is 0.848. The Morgan fingerprint density at radius 3 is 2.45 bits per heavy atom. The Balaban J connectivity index is 2.30. The van der Waals surface area contributed by atoms with Crippen LogP contribution in [0.25, 0.3) is 0 Å². The summed E-state index contributed by atoms with van der Waals surface area (Å²) in [5, 5.41) is 0. The van der Waals surface area contributed by atoms with Crippen LogP contribution in [0.1, 0.15) is 49.1 Å². The molecule has 2 aromatic carbocycles. The third-order valence-electron chi connectivity index (χ3n) is 3.73. The van der Waals surface area contributed by atoms with E-state index in [1.807, 2.05) is 0 Å². The van der Waals surface area contributed by atoms with Gasteiger partial charge in [-0.15, -0.1) is 0 Å². The van der Waals surface area contributed by atoms with Crippen LogP contribution < -0.4 is 5.73 Å². The molecule has 20 heavy (non-hydrogen) atoms. The van der Waals surface area contributed by atoms with Crippen molar-refractivity contribution in [3.05, 3.63) is 70.8 Å². The predicted octanol–water partition coefficient (Wildman–Crippen LogP) is 4.50. The molecule has 2 aromatic rings. The van der Waals surface area contributed by atoms with Crippen molar-refractivity contribution in [1.29, 1.82) is 0 Å². The number of aryl methyl sites for hydroxylation is 1. The molecule has 0 saturated heterocycles. The molecule has 0 bridgehead atoms. The number of benzene rings is 2. The molecule has 0 aliphatic carbocycles. The molecule has 0 amide bonds. The number of hydrogen-bond acceptors (Lipinski definition) is 1. The molecule has 1 nitrogen and oxygen atoms in total. The SMILES string of the molecule is CCc1ccccc1C(N)c1cccc(CC(C)C)c1.